The molecule has 2 heterocycles. The summed E-state index contributed by atoms with van der Waals surface area (Å²) in [6, 6.07) is 16.5. The normalized spacial score (nSPS) is 12.1. The number of hydrogen-bond donors (Lipinski definition) is 1. The number of hydrogen-bond acceptors (Lipinski definition) is 3. The molecule has 0 fully saturated rings. The van der Waals surface area contributed by atoms with E-state index in [0.29, 0.717) is 24.6 Å². The number of nitrogens with zero attached hydrogens (tertiary/aromatic N) is 3. The summed E-state index contributed by atoms with van der Waals surface area (Å²) < 4.78 is 40.1. The molecule has 0 spiro atoms. The Morgan fingerprint density at radius 3 is 2.54 bits per heavy atom. The first-order chi connectivity index (χ1) is 12.5. The molecular weight excluding hydrogens is 341 g/mol. The molecule has 0 saturated carbocycles. The van der Waals surface area contributed by atoms with E-state index in [2.05, 4.69) is 21.6 Å². The van der Waals surface area contributed by atoms with Crippen LogP contribution in [0.15, 0.2) is 60.8 Å². The largest absolute Gasteiger partial charge is 0.417 e. The van der Waals surface area contributed by atoms with Gasteiger partial charge in [-0.25, -0.2) is 0 Å². The second-order valence-electron chi connectivity index (χ2n) is 6.00. The molecule has 0 unspecified atom stereocenters. The van der Waals surface area contributed by atoms with E-state index >= 15 is 0 Å². The van der Waals surface area contributed by atoms with Gasteiger partial charge in [0.2, 0.25) is 0 Å². The van der Waals surface area contributed by atoms with Crippen molar-refractivity contribution in [2.24, 2.45) is 0 Å². The molecule has 132 valence electrons. The molecule has 4 rings (SSSR count). The zero-order chi connectivity index (χ0) is 18.1. The smallest absolute Gasteiger partial charge is 0.306 e. The van der Waals surface area contributed by atoms with Gasteiger partial charge in [0.15, 0.2) is 11.5 Å². The third-order valence-corrected chi connectivity index (χ3v) is 4.28. The van der Waals surface area contributed by atoms with Crippen molar-refractivity contribution in [1.29, 1.82) is 0 Å². The minimum Gasteiger partial charge on any atom is -0.306 e. The van der Waals surface area contributed by atoms with Gasteiger partial charge in [0.25, 0.3) is 0 Å². The van der Waals surface area contributed by atoms with Crippen LogP contribution in [0.25, 0.3) is 16.4 Å². The minimum atomic E-state index is -4.40. The molecule has 2 aromatic carbocycles. The first kappa shape index (κ1) is 16.5. The van der Waals surface area contributed by atoms with Crippen LogP contribution in [0.4, 0.5) is 13.2 Å². The lowest BCUT2D eigenvalue weighted by Crippen LogP contribution is -2.15. The average molecular weight is 356 g/mol. The second kappa shape index (κ2) is 6.42. The molecule has 0 aliphatic heterocycles. The van der Waals surface area contributed by atoms with Crippen LogP contribution in [0.2, 0.25) is 0 Å². The Morgan fingerprint density at radius 1 is 0.885 bits per heavy atom. The first-order valence-corrected chi connectivity index (χ1v) is 8.10. The van der Waals surface area contributed by atoms with Crippen LogP contribution in [-0.4, -0.2) is 14.6 Å². The maximum absolute atomic E-state index is 12.9. The lowest BCUT2D eigenvalue weighted by atomic mass is 10.0. The summed E-state index contributed by atoms with van der Waals surface area (Å²) in [6.07, 6.45) is -3.36. The van der Waals surface area contributed by atoms with Crippen molar-refractivity contribution in [3.8, 4) is 0 Å². The van der Waals surface area contributed by atoms with Gasteiger partial charge in [0, 0.05) is 12.7 Å². The van der Waals surface area contributed by atoms with Gasteiger partial charge >= 0.3 is 6.18 Å². The number of pyridine rings is 1. The number of benzene rings is 2. The Labute approximate surface area is 147 Å². The van der Waals surface area contributed by atoms with Crippen molar-refractivity contribution >= 4 is 16.4 Å². The highest BCUT2D eigenvalue weighted by molar-refractivity contribution is 5.85. The summed E-state index contributed by atoms with van der Waals surface area (Å²) in [7, 11) is 0. The molecule has 0 aliphatic carbocycles. The Balaban J connectivity index is 1.54. The summed E-state index contributed by atoms with van der Waals surface area (Å²) in [5.41, 5.74) is 0.785. The van der Waals surface area contributed by atoms with Gasteiger partial charge in [-0.1, -0.05) is 42.5 Å². The van der Waals surface area contributed by atoms with Crippen molar-refractivity contribution in [3.05, 3.63) is 77.7 Å². The predicted molar refractivity (Wildman–Crippen MR) is 92.5 cm³/mol. The topological polar surface area (TPSA) is 42.2 Å². The van der Waals surface area contributed by atoms with Crippen molar-refractivity contribution < 1.29 is 13.2 Å². The van der Waals surface area contributed by atoms with Crippen LogP contribution in [0.3, 0.4) is 0 Å². The molecule has 0 bridgehead atoms. The van der Waals surface area contributed by atoms with Crippen molar-refractivity contribution in [1.82, 2.24) is 19.9 Å². The zero-order valence-electron chi connectivity index (χ0n) is 13.7. The standard InChI is InChI=1S/C19H15F3N4/c20-19(21,22)15-8-9-17-24-25-18(26(17)12-15)11-23-10-14-6-3-5-13-4-1-2-7-16(13)14/h1-9,12,23H,10-11H2. The van der Waals surface area contributed by atoms with Crippen LogP contribution < -0.4 is 5.32 Å². The predicted octanol–water partition coefficient (Wildman–Crippen LogP) is 4.19. The van der Waals surface area contributed by atoms with Crippen molar-refractivity contribution in [2.45, 2.75) is 19.3 Å². The van der Waals surface area contributed by atoms with Gasteiger partial charge in [-0.15, -0.1) is 10.2 Å². The Bertz CT molecular complexity index is 1060. The van der Waals surface area contributed by atoms with E-state index < -0.39 is 11.7 Å². The molecule has 4 nitrogen and oxygen atoms in total. The molecule has 0 aliphatic rings. The highest BCUT2D eigenvalue weighted by Crippen LogP contribution is 2.29. The molecule has 0 radical (unpaired) electrons. The molecule has 0 atom stereocenters. The van der Waals surface area contributed by atoms with Crippen LogP contribution in [0.1, 0.15) is 17.0 Å². The zero-order valence-corrected chi connectivity index (χ0v) is 13.7. The number of fused-ring (bicyclic) bond motifs is 2. The average Bonchev–Trinajstić information content (AvgIpc) is 3.04. The number of aromatic nitrogens is 3. The van der Waals surface area contributed by atoms with Crippen molar-refractivity contribution in [2.75, 3.05) is 0 Å². The van der Waals surface area contributed by atoms with Gasteiger partial charge in [-0.2, -0.15) is 13.2 Å². The van der Waals surface area contributed by atoms with E-state index in [1.165, 1.54) is 10.5 Å². The van der Waals surface area contributed by atoms with E-state index in [1.807, 2.05) is 36.4 Å². The summed E-state index contributed by atoms with van der Waals surface area (Å²) in [5.74, 6) is 0.436. The number of halogens is 3. The fraction of sp³-hybridized carbons (Fsp3) is 0.158. The number of alkyl halides is 3. The number of rotatable bonds is 4. The van der Waals surface area contributed by atoms with Crippen LogP contribution in [-0.2, 0) is 19.3 Å². The number of nitrogens with one attached hydrogen (secondary N) is 1. The molecule has 4 aromatic rings. The molecule has 26 heavy (non-hydrogen) atoms. The minimum absolute atomic E-state index is 0.311. The Hall–Kier alpha value is -2.93. The van der Waals surface area contributed by atoms with Crippen LogP contribution >= 0.6 is 0 Å². The fourth-order valence-electron chi connectivity index (χ4n) is 2.98. The molecule has 0 amide bonds. The summed E-state index contributed by atoms with van der Waals surface area (Å²) in [5, 5.41) is 13.5. The lowest BCUT2D eigenvalue weighted by Gasteiger charge is -2.09. The monoisotopic (exact) mass is 356 g/mol. The summed E-state index contributed by atoms with van der Waals surface area (Å²) in [6.45, 7) is 0.890. The maximum Gasteiger partial charge on any atom is 0.417 e. The molecule has 0 saturated heterocycles. The van der Waals surface area contributed by atoms with E-state index in [1.54, 1.807) is 0 Å². The van der Waals surface area contributed by atoms with Gasteiger partial charge < -0.3 is 5.32 Å². The molecule has 1 N–H and O–H groups in total. The maximum atomic E-state index is 12.9. The van der Waals surface area contributed by atoms with Crippen molar-refractivity contribution in [3.63, 3.8) is 0 Å². The van der Waals surface area contributed by atoms with Crippen LogP contribution in [0.5, 0.6) is 0 Å². The SMILES string of the molecule is FC(F)(F)c1ccc2nnc(CNCc3cccc4ccccc34)n2c1. The third kappa shape index (κ3) is 3.13. The van der Waals surface area contributed by atoms with Gasteiger partial charge in [0.1, 0.15) is 0 Å². The van der Waals surface area contributed by atoms with E-state index in [9.17, 15) is 13.2 Å². The molecule has 2 aromatic heterocycles. The Kier molecular flexibility index (Phi) is 4.08. The molecular formula is C19H15F3N4. The van der Waals surface area contributed by atoms with E-state index in [4.69, 9.17) is 0 Å². The molecule has 7 heteroatoms. The van der Waals surface area contributed by atoms with E-state index in [-0.39, 0.29) is 0 Å². The summed E-state index contributed by atoms with van der Waals surface area (Å²) in [4.78, 5) is 0. The Morgan fingerprint density at radius 2 is 1.69 bits per heavy atom. The van der Waals surface area contributed by atoms with E-state index in [0.717, 1.165) is 28.6 Å². The van der Waals surface area contributed by atoms with Gasteiger partial charge in [-0.3, -0.25) is 4.40 Å². The third-order valence-electron chi connectivity index (χ3n) is 4.28. The summed E-state index contributed by atoms with van der Waals surface area (Å²) >= 11 is 0. The highest BCUT2D eigenvalue weighted by Gasteiger charge is 2.31. The first-order valence-electron chi connectivity index (χ1n) is 8.10. The highest BCUT2D eigenvalue weighted by atomic mass is 19.4. The quantitative estimate of drug-likeness (QED) is 0.596. The van der Waals surface area contributed by atoms with Gasteiger partial charge in [0.05, 0.1) is 12.1 Å². The second-order valence-corrected chi connectivity index (χ2v) is 6.00. The fourth-order valence-corrected chi connectivity index (χ4v) is 2.98. The van der Waals surface area contributed by atoms with Gasteiger partial charge in [-0.05, 0) is 28.5 Å². The van der Waals surface area contributed by atoms with Crippen LogP contribution in [0, 0.1) is 0 Å². The lowest BCUT2D eigenvalue weighted by molar-refractivity contribution is -0.137.